The zero-order valence-corrected chi connectivity index (χ0v) is 16.9. The number of hydrogen-bond acceptors (Lipinski definition) is 5. The molecule has 154 valence electrons. The highest BCUT2D eigenvalue weighted by atomic mass is 16.6. The van der Waals surface area contributed by atoms with E-state index in [0.717, 1.165) is 57.9 Å². The van der Waals surface area contributed by atoms with Gasteiger partial charge in [-0.1, -0.05) is 42.5 Å². The molecule has 2 aliphatic heterocycles. The number of hydrogen-bond donors (Lipinski definition) is 0. The third-order valence-corrected chi connectivity index (χ3v) is 6.26. The summed E-state index contributed by atoms with van der Waals surface area (Å²) in [7, 11) is 0. The molecule has 0 unspecified atom stereocenters. The summed E-state index contributed by atoms with van der Waals surface area (Å²) in [5, 5.41) is 11.0. The van der Waals surface area contributed by atoms with Crippen LogP contribution in [0.3, 0.4) is 0 Å². The smallest absolute Gasteiger partial charge is 0.269 e. The Hall–Kier alpha value is -2.28. The Kier molecular flexibility index (Phi) is 6.54. The van der Waals surface area contributed by atoms with Crippen molar-refractivity contribution in [3.05, 3.63) is 75.8 Å². The largest absolute Gasteiger partial charge is 0.299 e. The van der Waals surface area contributed by atoms with E-state index in [0.29, 0.717) is 6.04 Å². The van der Waals surface area contributed by atoms with Crippen LogP contribution in [0.25, 0.3) is 0 Å². The van der Waals surface area contributed by atoms with Gasteiger partial charge in [0, 0.05) is 57.4 Å². The summed E-state index contributed by atoms with van der Waals surface area (Å²) >= 11 is 0. The summed E-state index contributed by atoms with van der Waals surface area (Å²) in [6.45, 7) is 8.58. The van der Waals surface area contributed by atoms with Crippen molar-refractivity contribution in [2.45, 2.75) is 32.0 Å². The number of piperidine rings is 1. The van der Waals surface area contributed by atoms with Crippen LogP contribution in [0, 0.1) is 10.1 Å². The fourth-order valence-corrected chi connectivity index (χ4v) is 4.60. The average Bonchev–Trinajstić information content (AvgIpc) is 2.76. The lowest BCUT2D eigenvalue weighted by molar-refractivity contribution is -0.384. The predicted molar refractivity (Wildman–Crippen MR) is 115 cm³/mol. The van der Waals surface area contributed by atoms with Gasteiger partial charge in [-0.25, -0.2) is 0 Å². The van der Waals surface area contributed by atoms with Gasteiger partial charge in [0.2, 0.25) is 0 Å². The molecule has 2 aromatic carbocycles. The number of benzene rings is 2. The molecule has 2 aromatic rings. The van der Waals surface area contributed by atoms with Gasteiger partial charge in [0.15, 0.2) is 0 Å². The quantitative estimate of drug-likeness (QED) is 0.555. The van der Waals surface area contributed by atoms with E-state index in [1.54, 1.807) is 18.2 Å². The average molecular weight is 395 g/mol. The molecule has 0 amide bonds. The number of nitro groups is 1. The Morgan fingerprint density at radius 3 is 2.10 bits per heavy atom. The van der Waals surface area contributed by atoms with Crippen LogP contribution in [0.15, 0.2) is 54.6 Å². The maximum atomic E-state index is 11.0. The highest BCUT2D eigenvalue weighted by Gasteiger charge is 2.27. The standard InChI is InChI=1S/C23H30N4O2/c28-27(29)23-8-4-7-21(17-23)19-24-11-9-22(10-12-24)26-15-13-25(14-16-26)18-20-5-2-1-3-6-20/h1-8,17,22H,9-16,18-19H2. The maximum absolute atomic E-state index is 11.0. The minimum absolute atomic E-state index is 0.186. The van der Waals surface area contributed by atoms with Gasteiger partial charge in [-0.15, -0.1) is 0 Å². The first-order chi connectivity index (χ1) is 14.2. The molecule has 0 saturated carbocycles. The monoisotopic (exact) mass is 394 g/mol. The van der Waals surface area contributed by atoms with Gasteiger partial charge in [-0.3, -0.25) is 24.8 Å². The fraction of sp³-hybridized carbons (Fsp3) is 0.478. The molecule has 2 heterocycles. The first-order valence-electron chi connectivity index (χ1n) is 10.6. The predicted octanol–water partition coefficient (Wildman–Crippen LogP) is 3.38. The molecular weight excluding hydrogens is 364 g/mol. The van der Waals surface area contributed by atoms with E-state index < -0.39 is 0 Å². The van der Waals surface area contributed by atoms with Gasteiger partial charge < -0.3 is 0 Å². The van der Waals surface area contributed by atoms with Crippen molar-refractivity contribution in [3.8, 4) is 0 Å². The molecule has 0 aromatic heterocycles. The van der Waals surface area contributed by atoms with Crippen molar-refractivity contribution in [2.75, 3.05) is 39.3 Å². The molecule has 0 atom stereocenters. The summed E-state index contributed by atoms with van der Waals surface area (Å²) in [6.07, 6.45) is 2.38. The van der Waals surface area contributed by atoms with Crippen LogP contribution >= 0.6 is 0 Å². The van der Waals surface area contributed by atoms with Gasteiger partial charge >= 0.3 is 0 Å². The van der Waals surface area contributed by atoms with Crippen LogP contribution in [0.5, 0.6) is 0 Å². The van der Waals surface area contributed by atoms with Crippen LogP contribution in [0.4, 0.5) is 5.69 Å². The summed E-state index contributed by atoms with van der Waals surface area (Å²) in [5.41, 5.74) is 2.62. The molecule has 6 nitrogen and oxygen atoms in total. The lowest BCUT2D eigenvalue weighted by Crippen LogP contribution is -2.52. The van der Waals surface area contributed by atoms with Crippen molar-refractivity contribution in [1.82, 2.24) is 14.7 Å². The lowest BCUT2D eigenvalue weighted by Gasteiger charge is -2.42. The van der Waals surface area contributed by atoms with Crippen molar-refractivity contribution >= 4 is 5.69 Å². The SMILES string of the molecule is O=[N+]([O-])c1cccc(CN2CCC(N3CCN(Cc4ccccc4)CC3)CC2)c1. The van der Waals surface area contributed by atoms with Crippen molar-refractivity contribution in [1.29, 1.82) is 0 Å². The maximum Gasteiger partial charge on any atom is 0.269 e. The van der Waals surface area contributed by atoms with E-state index in [9.17, 15) is 10.1 Å². The summed E-state index contributed by atoms with van der Waals surface area (Å²) in [6, 6.07) is 18.5. The van der Waals surface area contributed by atoms with Crippen LogP contribution in [0.1, 0.15) is 24.0 Å². The van der Waals surface area contributed by atoms with Gasteiger partial charge in [0.25, 0.3) is 5.69 Å². The van der Waals surface area contributed by atoms with E-state index in [2.05, 4.69) is 45.0 Å². The Bertz CT molecular complexity index is 798. The normalized spacial score (nSPS) is 20.0. The van der Waals surface area contributed by atoms with Gasteiger partial charge in [0.1, 0.15) is 0 Å². The Morgan fingerprint density at radius 2 is 1.41 bits per heavy atom. The molecule has 2 fully saturated rings. The zero-order chi connectivity index (χ0) is 20.1. The lowest BCUT2D eigenvalue weighted by atomic mass is 10.0. The summed E-state index contributed by atoms with van der Waals surface area (Å²) in [4.78, 5) is 18.3. The summed E-state index contributed by atoms with van der Waals surface area (Å²) in [5.74, 6) is 0. The first-order valence-corrected chi connectivity index (χ1v) is 10.6. The van der Waals surface area contributed by atoms with E-state index in [4.69, 9.17) is 0 Å². The van der Waals surface area contributed by atoms with E-state index in [-0.39, 0.29) is 10.6 Å². The van der Waals surface area contributed by atoms with Crippen LogP contribution in [0.2, 0.25) is 0 Å². The molecule has 6 heteroatoms. The van der Waals surface area contributed by atoms with Crippen LogP contribution in [-0.4, -0.2) is 64.9 Å². The van der Waals surface area contributed by atoms with Crippen LogP contribution < -0.4 is 0 Å². The van der Waals surface area contributed by atoms with Crippen molar-refractivity contribution in [3.63, 3.8) is 0 Å². The third kappa shape index (κ3) is 5.41. The Balaban J connectivity index is 1.21. The van der Waals surface area contributed by atoms with E-state index in [1.807, 2.05) is 6.07 Å². The van der Waals surface area contributed by atoms with Crippen molar-refractivity contribution in [2.24, 2.45) is 0 Å². The minimum Gasteiger partial charge on any atom is -0.299 e. The first kappa shape index (κ1) is 20.0. The van der Waals surface area contributed by atoms with Gasteiger partial charge in [-0.05, 0) is 37.1 Å². The number of rotatable bonds is 6. The summed E-state index contributed by atoms with van der Waals surface area (Å²) < 4.78 is 0. The number of nitro benzene ring substituents is 1. The van der Waals surface area contributed by atoms with Gasteiger partial charge in [-0.2, -0.15) is 0 Å². The highest BCUT2D eigenvalue weighted by molar-refractivity contribution is 5.34. The molecule has 2 aliphatic rings. The molecule has 0 N–H and O–H groups in total. The molecular formula is C23H30N4O2. The number of non-ortho nitro benzene ring substituents is 1. The fourth-order valence-electron chi connectivity index (χ4n) is 4.60. The molecule has 29 heavy (non-hydrogen) atoms. The molecule has 0 radical (unpaired) electrons. The highest BCUT2D eigenvalue weighted by Crippen LogP contribution is 2.21. The third-order valence-electron chi connectivity index (χ3n) is 6.26. The second-order valence-electron chi connectivity index (χ2n) is 8.23. The number of likely N-dealkylation sites (tertiary alicyclic amines) is 1. The molecule has 4 rings (SSSR count). The van der Waals surface area contributed by atoms with E-state index >= 15 is 0 Å². The number of nitrogens with zero attached hydrogens (tertiary/aromatic N) is 4. The molecule has 0 aliphatic carbocycles. The second-order valence-corrected chi connectivity index (χ2v) is 8.23. The second kappa shape index (κ2) is 9.48. The minimum atomic E-state index is -0.312. The Morgan fingerprint density at radius 1 is 0.793 bits per heavy atom. The van der Waals surface area contributed by atoms with Gasteiger partial charge in [0.05, 0.1) is 4.92 Å². The molecule has 2 saturated heterocycles. The molecule has 0 bridgehead atoms. The number of piperazine rings is 1. The Labute approximate surface area is 172 Å². The van der Waals surface area contributed by atoms with Crippen molar-refractivity contribution < 1.29 is 4.92 Å². The topological polar surface area (TPSA) is 52.9 Å². The van der Waals surface area contributed by atoms with Crippen LogP contribution in [-0.2, 0) is 13.1 Å². The van der Waals surface area contributed by atoms with E-state index in [1.165, 1.54) is 18.4 Å². The zero-order valence-electron chi connectivity index (χ0n) is 16.9. The molecule has 0 spiro atoms.